The van der Waals surface area contributed by atoms with Crippen LogP contribution in [0.15, 0.2) is 17.1 Å². The highest BCUT2D eigenvalue weighted by atomic mass is 31.2. The van der Waals surface area contributed by atoms with Crippen molar-refractivity contribution in [3.63, 3.8) is 0 Å². The van der Waals surface area contributed by atoms with Gasteiger partial charge in [0.25, 0.3) is 8.53 Å². The van der Waals surface area contributed by atoms with Crippen LogP contribution in [0.5, 0.6) is 0 Å². The molecule has 1 aromatic heterocycles. The fraction of sp³-hybridized carbons (Fsp3) is 0.696. The van der Waals surface area contributed by atoms with Gasteiger partial charge in [-0.05, 0) is 47.6 Å². The monoisotopic (exact) mass is 519 g/mol. The number of nitrogens with zero attached hydrogens (tertiary/aromatic N) is 3. The number of carbonyl (C=O) groups is 1. The summed E-state index contributed by atoms with van der Waals surface area (Å²) in [5.74, 6) is 2.22. The largest absolute Gasteiger partial charge is 0.400 e. The summed E-state index contributed by atoms with van der Waals surface area (Å²) in [6, 6.07) is 1.44. The number of hydrogen-bond acceptors (Lipinski definition) is 8. The van der Waals surface area contributed by atoms with E-state index in [1.165, 1.54) is 26.3 Å². The van der Waals surface area contributed by atoms with Gasteiger partial charge in [-0.15, -0.1) is 12.3 Å². The van der Waals surface area contributed by atoms with Crippen LogP contribution in [0.3, 0.4) is 0 Å². The van der Waals surface area contributed by atoms with Crippen LogP contribution in [0.1, 0.15) is 62.5 Å². The number of ether oxygens (including phenoxy) is 1. The molecule has 35 heavy (non-hydrogen) atoms. The number of nitrogens with one attached hydrogen (secondary N) is 1. The molecule has 2 N–H and O–H groups in total. The molecule has 6 unspecified atom stereocenters. The normalized spacial score (nSPS) is 24.3. The van der Waals surface area contributed by atoms with Gasteiger partial charge in [0.2, 0.25) is 7.34 Å². The highest BCUT2D eigenvalue weighted by Gasteiger charge is 2.48. The standard InChI is InChI=1S/C22H34FN4O5P.CH4O/c1-9-10-15(6)31-33(27(13(2)3)14(4)5)32-20-16(7)30-21(19(20)23)26-12-11-18(24-17(8)28)25-22(26)29;1-2/h1,11-16,19-21H,10H2,2-8H3,(H,24,25,28,29);2H,1H3/i7D;2T. The summed E-state index contributed by atoms with van der Waals surface area (Å²) >= 11 is 0. The Morgan fingerprint density at radius 1 is 1.51 bits per heavy atom. The number of amides is 1. The van der Waals surface area contributed by atoms with Gasteiger partial charge in [-0.1, -0.05) is 0 Å². The minimum Gasteiger partial charge on any atom is -0.400 e. The zero-order valence-electron chi connectivity index (χ0n) is 23.3. The molecule has 1 aliphatic heterocycles. The van der Waals surface area contributed by atoms with Crippen LogP contribution >= 0.6 is 8.53 Å². The van der Waals surface area contributed by atoms with Crippen molar-refractivity contribution in [2.75, 3.05) is 12.4 Å². The number of rotatable bonds is 10. The molecule has 2 rings (SSSR count). The van der Waals surface area contributed by atoms with Gasteiger partial charge >= 0.3 is 5.69 Å². The molecule has 12 heteroatoms. The van der Waals surface area contributed by atoms with E-state index < -0.39 is 38.8 Å². The molecule has 0 saturated carbocycles. The van der Waals surface area contributed by atoms with Crippen LogP contribution in [-0.4, -0.2) is 70.3 Å². The fourth-order valence-corrected chi connectivity index (χ4v) is 5.33. The van der Waals surface area contributed by atoms with E-state index in [-0.39, 0.29) is 36.8 Å². The summed E-state index contributed by atoms with van der Waals surface area (Å²) in [6.07, 6.45) is 1.58. The third-order valence-corrected chi connectivity index (χ3v) is 7.07. The Labute approximate surface area is 211 Å². The van der Waals surface area contributed by atoms with Crippen molar-refractivity contribution in [3.8, 4) is 12.3 Å². The molecule has 1 aromatic rings. The summed E-state index contributed by atoms with van der Waals surface area (Å²) < 4.78 is 50.3. The molecule has 0 bridgehead atoms. The molecule has 198 valence electrons. The third-order valence-electron chi connectivity index (χ3n) is 4.81. The smallest absolute Gasteiger partial charge is 0.351 e. The van der Waals surface area contributed by atoms with E-state index in [0.717, 1.165) is 4.57 Å². The lowest BCUT2D eigenvalue weighted by atomic mass is 10.2. The number of aliphatic hydroxyl groups is 1. The topological polar surface area (TPSA) is 115 Å². The van der Waals surface area contributed by atoms with Crippen LogP contribution < -0.4 is 11.0 Å². The molecule has 0 radical (unpaired) electrons. The number of aromatic nitrogens is 2. The number of terminal acetylenes is 1. The summed E-state index contributed by atoms with van der Waals surface area (Å²) in [6.45, 7) is 10.8. The molecular formula is C23H38FN4O6P. The van der Waals surface area contributed by atoms with Crippen molar-refractivity contribution >= 4 is 20.3 Å². The van der Waals surface area contributed by atoms with Gasteiger partial charge in [-0.3, -0.25) is 9.36 Å². The van der Waals surface area contributed by atoms with Gasteiger partial charge in [-0.25, -0.2) is 13.9 Å². The van der Waals surface area contributed by atoms with E-state index in [9.17, 15) is 9.59 Å². The Bertz CT molecular complexity index is 943. The van der Waals surface area contributed by atoms with Gasteiger partial charge in [0.05, 0.1) is 12.2 Å². The minimum atomic E-state index is -1.76. The first kappa shape index (κ1) is 27.7. The van der Waals surface area contributed by atoms with Gasteiger partial charge in [-0.2, -0.15) is 4.98 Å². The van der Waals surface area contributed by atoms with Gasteiger partial charge in [0.15, 0.2) is 12.4 Å². The summed E-state index contributed by atoms with van der Waals surface area (Å²) in [5.41, 5.74) is -0.796. The number of alkyl halides is 1. The van der Waals surface area contributed by atoms with Crippen LogP contribution in [0.2, 0.25) is 0 Å². The van der Waals surface area contributed by atoms with E-state index in [1.54, 1.807) is 0 Å². The number of anilines is 1. The second-order valence-electron chi connectivity index (χ2n) is 8.39. The van der Waals surface area contributed by atoms with Crippen LogP contribution in [-0.2, 0) is 18.6 Å². The van der Waals surface area contributed by atoms with Crippen molar-refractivity contribution in [1.82, 2.24) is 14.2 Å². The lowest BCUT2D eigenvalue weighted by molar-refractivity contribution is -0.114. The summed E-state index contributed by atoms with van der Waals surface area (Å²) in [7, 11) is -0.459. The van der Waals surface area contributed by atoms with Crippen molar-refractivity contribution in [2.24, 2.45) is 0 Å². The summed E-state index contributed by atoms with van der Waals surface area (Å²) in [4.78, 5) is 27.5. The highest BCUT2D eigenvalue weighted by Crippen LogP contribution is 2.51. The van der Waals surface area contributed by atoms with E-state index in [2.05, 4.69) is 21.3 Å². The van der Waals surface area contributed by atoms with Crippen LogP contribution in [0.4, 0.5) is 10.2 Å². The summed E-state index contributed by atoms with van der Waals surface area (Å²) in [5, 5.41) is 5.91. The Kier molecular flexibility index (Phi) is 11.5. The Balaban J connectivity index is 0.00000217. The van der Waals surface area contributed by atoms with E-state index in [0.29, 0.717) is 6.42 Å². The average Bonchev–Trinajstić information content (AvgIpc) is 3.09. The first-order chi connectivity index (χ1) is 17.4. The van der Waals surface area contributed by atoms with Gasteiger partial charge in [0.1, 0.15) is 11.9 Å². The van der Waals surface area contributed by atoms with Crippen molar-refractivity contribution in [2.45, 2.75) is 97.7 Å². The minimum absolute atomic E-state index is 0.0305. The molecular weight excluding hydrogens is 478 g/mol. The Morgan fingerprint density at radius 2 is 2.14 bits per heavy atom. The predicted octanol–water partition coefficient (Wildman–Crippen LogP) is 3.22. The second kappa shape index (κ2) is 14.6. The van der Waals surface area contributed by atoms with Crippen LogP contribution in [0.25, 0.3) is 0 Å². The number of carbonyl (C=O) groups excluding carboxylic acids is 1. The molecule has 0 spiro atoms. The van der Waals surface area contributed by atoms with Crippen molar-refractivity contribution in [1.29, 1.82) is 1.43 Å². The molecule has 0 aromatic carbocycles. The lowest BCUT2D eigenvalue weighted by Gasteiger charge is -2.38. The first-order valence-corrected chi connectivity index (χ1v) is 12.3. The van der Waals surface area contributed by atoms with Crippen molar-refractivity contribution in [3.05, 3.63) is 22.7 Å². The lowest BCUT2D eigenvalue weighted by Crippen LogP contribution is -2.38. The predicted molar refractivity (Wildman–Crippen MR) is 133 cm³/mol. The Hall–Kier alpha value is -1.93. The van der Waals surface area contributed by atoms with Crippen LogP contribution in [0, 0.1) is 12.3 Å². The number of hydrogen-bond donors (Lipinski definition) is 2. The van der Waals surface area contributed by atoms with E-state index in [1.807, 2.05) is 39.3 Å². The molecule has 1 aliphatic rings. The zero-order chi connectivity index (χ0) is 28.3. The molecule has 2 heterocycles. The van der Waals surface area contributed by atoms with E-state index in [4.69, 9.17) is 23.0 Å². The molecule has 1 amide bonds. The second-order valence-corrected chi connectivity index (χ2v) is 9.75. The zero-order valence-corrected chi connectivity index (χ0v) is 22.2. The van der Waals surface area contributed by atoms with Gasteiger partial charge < -0.3 is 24.2 Å². The highest BCUT2D eigenvalue weighted by molar-refractivity contribution is 7.44. The Morgan fingerprint density at radius 3 is 2.63 bits per heavy atom. The average molecular weight is 520 g/mol. The maximum atomic E-state index is 15.7. The molecule has 0 aliphatic carbocycles. The van der Waals surface area contributed by atoms with E-state index >= 15 is 4.39 Å². The maximum absolute atomic E-state index is 15.7. The quantitative estimate of drug-likeness (QED) is 0.358. The maximum Gasteiger partial charge on any atom is 0.351 e. The van der Waals surface area contributed by atoms with Crippen molar-refractivity contribution < 1.29 is 29.4 Å². The third kappa shape index (κ3) is 8.60. The number of aliphatic hydroxyl groups excluding tert-OH is 1. The number of halogens is 1. The SMILES string of the molecule is [2H]CC1OC(n2ccc(NC(C)=O)nc2=O)C(F)C1OP(OC(C)CC#C)N(C(C)C)C(C)C.[3H]OC. The molecule has 1 fully saturated rings. The molecule has 6 atom stereocenters. The van der Waals surface area contributed by atoms with Gasteiger partial charge in [0, 0.05) is 40.1 Å². The fourth-order valence-electron chi connectivity index (χ4n) is 3.47. The molecule has 10 nitrogen and oxygen atoms in total. The first-order valence-electron chi connectivity index (χ1n) is 12.3. The molecule has 1 saturated heterocycles.